The van der Waals surface area contributed by atoms with Crippen molar-refractivity contribution in [2.24, 2.45) is 5.73 Å². The predicted molar refractivity (Wildman–Crippen MR) is 81.7 cm³/mol. The second kappa shape index (κ2) is 7.06. The van der Waals surface area contributed by atoms with Crippen LogP contribution in [0.4, 0.5) is 0 Å². The maximum absolute atomic E-state index is 6.32. The first-order chi connectivity index (χ1) is 9.66. The van der Waals surface area contributed by atoms with E-state index in [4.69, 9.17) is 10.5 Å². The summed E-state index contributed by atoms with van der Waals surface area (Å²) in [5.74, 6) is 0.893. The van der Waals surface area contributed by atoms with Gasteiger partial charge in [-0.3, -0.25) is 4.98 Å². The molecule has 1 aromatic heterocycles. The number of pyridine rings is 1. The van der Waals surface area contributed by atoms with Gasteiger partial charge in [0, 0.05) is 24.0 Å². The van der Waals surface area contributed by atoms with Crippen LogP contribution in [0.15, 0.2) is 48.8 Å². The van der Waals surface area contributed by atoms with Gasteiger partial charge in [0.05, 0.1) is 6.10 Å². The molecule has 0 aliphatic carbocycles. The van der Waals surface area contributed by atoms with E-state index in [1.807, 2.05) is 56.6 Å². The molecule has 0 saturated carbocycles. The molecule has 0 aliphatic heterocycles. The van der Waals surface area contributed by atoms with E-state index in [9.17, 15) is 0 Å². The van der Waals surface area contributed by atoms with Crippen molar-refractivity contribution in [2.45, 2.75) is 38.8 Å². The van der Waals surface area contributed by atoms with Crippen molar-refractivity contribution >= 4 is 0 Å². The third-order valence-electron chi connectivity index (χ3n) is 3.17. The summed E-state index contributed by atoms with van der Waals surface area (Å²) in [5.41, 5.74) is 8.66. The number of para-hydroxylation sites is 1. The Morgan fingerprint density at radius 2 is 1.80 bits per heavy atom. The average molecular weight is 270 g/mol. The average Bonchev–Trinajstić information content (AvgIpc) is 2.46. The van der Waals surface area contributed by atoms with Crippen molar-refractivity contribution in [1.29, 1.82) is 0 Å². The van der Waals surface area contributed by atoms with Gasteiger partial charge < -0.3 is 10.5 Å². The minimum absolute atomic E-state index is 0.0156. The van der Waals surface area contributed by atoms with Gasteiger partial charge in [0.2, 0.25) is 0 Å². The van der Waals surface area contributed by atoms with Gasteiger partial charge in [0.1, 0.15) is 5.75 Å². The monoisotopic (exact) mass is 270 g/mol. The number of aromatic nitrogens is 1. The lowest BCUT2D eigenvalue weighted by Gasteiger charge is -2.18. The number of benzene rings is 1. The van der Waals surface area contributed by atoms with Crippen LogP contribution in [0.2, 0.25) is 0 Å². The fraction of sp³-hybridized carbons (Fsp3) is 0.353. The first-order valence-electron chi connectivity index (χ1n) is 7.07. The molecule has 2 aromatic rings. The van der Waals surface area contributed by atoms with E-state index in [1.54, 1.807) is 0 Å². The second-order valence-electron chi connectivity index (χ2n) is 5.21. The quantitative estimate of drug-likeness (QED) is 0.874. The van der Waals surface area contributed by atoms with Gasteiger partial charge in [-0.1, -0.05) is 18.2 Å². The molecule has 20 heavy (non-hydrogen) atoms. The van der Waals surface area contributed by atoms with Gasteiger partial charge in [-0.2, -0.15) is 0 Å². The zero-order valence-corrected chi connectivity index (χ0v) is 12.1. The normalized spacial score (nSPS) is 12.4. The molecule has 3 heteroatoms. The number of ether oxygens (including phenoxy) is 1. The number of nitrogens with zero attached hydrogens (tertiary/aromatic N) is 1. The van der Waals surface area contributed by atoms with E-state index in [0.717, 1.165) is 24.2 Å². The lowest BCUT2D eigenvalue weighted by molar-refractivity contribution is 0.238. The van der Waals surface area contributed by atoms with Crippen LogP contribution in [0, 0.1) is 0 Å². The van der Waals surface area contributed by atoms with Gasteiger partial charge in [-0.25, -0.2) is 0 Å². The number of rotatable bonds is 6. The van der Waals surface area contributed by atoms with E-state index < -0.39 is 0 Å². The lowest BCUT2D eigenvalue weighted by atomic mass is 9.99. The van der Waals surface area contributed by atoms with Gasteiger partial charge >= 0.3 is 0 Å². The maximum Gasteiger partial charge on any atom is 0.124 e. The molecule has 1 heterocycles. The molecule has 0 spiro atoms. The summed E-state index contributed by atoms with van der Waals surface area (Å²) in [6, 6.07) is 12.1. The Morgan fingerprint density at radius 1 is 1.10 bits per heavy atom. The van der Waals surface area contributed by atoms with Crippen LogP contribution in [0.5, 0.6) is 5.75 Å². The highest BCUT2D eigenvalue weighted by molar-refractivity contribution is 5.36. The Balaban J connectivity index is 2.03. The molecule has 1 unspecified atom stereocenters. The van der Waals surface area contributed by atoms with Crippen LogP contribution in [0.1, 0.15) is 37.4 Å². The lowest BCUT2D eigenvalue weighted by Crippen LogP contribution is -2.15. The predicted octanol–water partition coefficient (Wildman–Crippen LogP) is 3.50. The van der Waals surface area contributed by atoms with Gasteiger partial charge in [0.25, 0.3) is 0 Å². The van der Waals surface area contributed by atoms with Crippen molar-refractivity contribution in [2.75, 3.05) is 0 Å². The summed E-state index contributed by atoms with van der Waals surface area (Å²) >= 11 is 0. The molecule has 0 aliphatic rings. The van der Waals surface area contributed by atoms with E-state index in [0.29, 0.717) is 0 Å². The summed E-state index contributed by atoms with van der Waals surface area (Å²) in [7, 11) is 0. The standard InChI is InChI=1S/C17H22N2O/c1-13(2)20-17-6-4-3-5-15(17)16(18)8-7-14-9-11-19-12-10-14/h3-6,9-13,16H,7-8,18H2,1-2H3. The van der Waals surface area contributed by atoms with Crippen LogP contribution in [-0.2, 0) is 6.42 Å². The highest BCUT2D eigenvalue weighted by Crippen LogP contribution is 2.27. The van der Waals surface area contributed by atoms with E-state index in [1.165, 1.54) is 5.56 Å². The smallest absolute Gasteiger partial charge is 0.124 e. The summed E-state index contributed by atoms with van der Waals surface area (Å²) in [6.45, 7) is 4.05. The zero-order valence-electron chi connectivity index (χ0n) is 12.1. The van der Waals surface area contributed by atoms with E-state index in [2.05, 4.69) is 11.1 Å². The number of aryl methyl sites for hydroxylation is 1. The molecule has 0 amide bonds. The Bertz CT molecular complexity index is 526. The first kappa shape index (κ1) is 14.5. The maximum atomic E-state index is 6.32. The van der Waals surface area contributed by atoms with Crippen LogP contribution in [0.25, 0.3) is 0 Å². The highest BCUT2D eigenvalue weighted by atomic mass is 16.5. The molecular weight excluding hydrogens is 248 g/mol. The SMILES string of the molecule is CC(C)Oc1ccccc1C(N)CCc1ccncc1. The molecule has 2 rings (SSSR count). The first-order valence-corrected chi connectivity index (χ1v) is 7.07. The van der Waals surface area contributed by atoms with Crippen LogP contribution in [-0.4, -0.2) is 11.1 Å². The largest absolute Gasteiger partial charge is 0.491 e. The van der Waals surface area contributed by atoms with Crippen molar-refractivity contribution in [3.8, 4) is 5.75 Å². The van der Waals surface area contributed by atoms with E-state index >= 15 is 0 Å². The Kier molecular flexibility index (Phi) is 5.13. The Morgan fingerprint density at radius 3 is 2.50 bits per heavy atom. The summed E-state index contributed by atoms with van der Waals surface area (Å²) in [4.78, 5) is 4.03. The molecule has 0 saturated heterocycles. The van der Waals surface area contributed by atoms with Crippen LogP contribution >= 0.6 is 0 Å². The number of nitrogens with two attached hydrogens (primary N) is 1. The van der Waals surface area contributed by atoms with Crippen molar-refractivity contribution in [3.63, 3.8) is 0 Å². The van der Waals surface area contributed by atoms with Crippen molar-refractivity contribution < 1.29 is 4.74 Å². The molecule has 2 N–H and O–H groups in total. The van der Waals surface area contributed by atoms with Gasteiger partial charge in [-0.05, 0) is 50.5 Å². The second-order valence-corrected chi connectivity index (χ2v) is 5.21. The molecule has 3 nitrogen and oxygen atoms in total. The third kappa shape index (κ3) is 4.07. The Hall–Kier alpha value is -1.87. The number of hydrogen-bond acceptors (Lipinski definition) is 3. The van der Waals surface area contributed by atoms with Gasteiger partial charge in [0.15, 0.2) is 0 Å². The van der Waals surface area contributed by atoms with Crippen LogP contribution in [0.3, 0.4) is 0 Å². The topological polar surface area (TPSA) is 48.1 Å². The molecule has 1 atom stereocenters. The summed E-state index contributed by atoms with van der Waals surface area (Å²) < 4.78 is 5.83. The summed E-state index contributed by atoms with van der Waals surface area (Å²) in [6.07, 6.45) is 5.62. The molecule has 0 radical (unpaired) electrons. The number of hydrogen-bond donors (Lipinski definition) is 1. The molecule has 106 valence electrons. The van der Waals surface area contributed by atoms with Crippen molar-refractivity contribution in [3.05, 3.63) is 59.9 Å². The van der Waals surface area contributed by atoms with Gasteiger partial charge in [-0.15, -0.1) is 0 Å². The molecule has 0 bridgehead atoms. The highest BCUT2D eigenvalue weighted by Gasteiger charge is 2.12. The fourth-order valence-corrected chi connectivity index (χ4v) is 2.18. The molecule has 0 fully saturated rings. The molecule has 1 aromatic carbocycles. The fourth-order valence-electron chi connectivity index (χ4n) is 2.18. The van der Waals surface area contributed by atoms with E-state index in [-0.39, 0.29) is 12.1 Å². The zero-order chi connectivity index (χ0) is 14.4. The van der Waals surface area contributed by atoms with Crippen LogP contribution < -0.4 is 10.5 Å². The minimum atomic E-state index is -0.0156. The third-order valence-corrected chi connectivity index (χ3v) is 3.17. The van der Waals surface area contributed by atoms with Crippen molar-refractivity contribution in [1.82, 2.24) is 4.98 Å². The molecular formula is C17H22N2O. The summed E-state index contributed by atoms with van der Waals surface area (Å²) in [5, 5.41) is 0. The Labute approximate surface area is 120 Å². The minimum Gasteiger partial charge on any atom is -0.491 e.